The van der Waals surface area contributed by atoms with Crippen LogP contribution in [0, 0.1) is 0 Å². The van der Waals surface area contributed by atoms with Crippen LogP contribution in [0.3, 0.4) is 0 Å². The SMILES string of the molecule is CCc1c(C(=O)O)nnn1Cc1ccn(C)n1. The minimum Gasteiger partial charge on any atom is -0.476 e. The van der Waals surface area contributed by atoms with Crippen molar-refractivity contribution in [2.24, 2.45) is 7.05 Å². The molecule has 0 saturated heterocycles. The first-order valence-electron chi connectivity index (χ1n) is 5.26. The third kappa shape index (κ3) is 2.17. The fourth-order valence-electron chi connectivity index (χ4n) is 1.68. The number of carboxylic acid groups (broad SMARTS) is 1. The van der Waals surface area contributed by atoms with E-state index in [0.717, 1.165) is 5.69 Å². The number of aromatic nitrogens is 5. The summed E-state index contributed by atoms with van der Waals surface area (Å²) < 4.78 is 3.27. The molecular formula is C10H13N5O2. The number of rotatable bonds is 4. The fraction of sp³-hybridized carbons (Fsp3) is 0.400. The molecule has 0 fully saturated rings. The summed E-state index contributed by atoms with van der Waals surface area (Å²) in [5.74, 6) is -1.05. The van der Waals surface area contributed by atoms with Gasteiger partial charge in [0, 0.05) is 13.2 Å². The van der Waals surface area contributed by atoms with Gasteiger partial charge < -0.3 is 5.11 Å². The molecule has 0 radical (unpaired) electrons. The van der Waals surface area contributed by atoms with Gasteiger partial charge in [-0.05, 0) is 12.5 Å². The van der Waals surface area contributed by atoms with Crippen molar-refractivity contribution >= 4 is 5.97 Å². The molecular weight excluding hydrogens is 222 g/mol. The Kier molecular flexibility index (Phi) is 2.90. The number of hydrogen-bond acceptors (Lipinski definition) is 4. The Hall–Kier alpha value is -2.18. The zero-order valence-electron chi connectivity index (χ0n) is 9.66. The summed E-state index contributed by atoms with van der Waals surface area (Å²) in [5.41, 5.74) is 1.45. The van der Waals surface area contributed by atoms with E-state index in [1.165, 1.54) is 0 Å². The molecule has 2 aromatic rings. The summed E-state index contributed by atoms with van der Waals surface area (Å²) in [6.07, 6.45) is 2.40. The van der Waals surface area contributed by atoms with Gasteiger partial charge in [0.25, 0.3) is 0 Å². The third-order valence-electron chi connectivity index (χ3n) is 2.46. The fourth-order valence-corrected chi connectivity index (χ4v) is 1.68. The number of aryl methyl sites for hydroxylation is 1. The number of aromatic carboxylic acids is 1. The molecule has 7 nitrogen and oxygen atoms in total. The van der Waals surface area contributed by atoms with Crippen LogP contribution in [0.25, 0.3) is 0 Å². The van der Waals surface area contributed by atoms with Crippen molar-refractivity contribution in [1.29, 1.82) is 0 Å². The van der Waals surface area contributed by atoms with Crippen LogP contribution in [0.1, 0.15) is 28.8 Å². The van der Waals surface area contributed by atoms with Gasteiger partial charge in [0.2, 0.25) is 0 Å². The molecule has 0 aliphatic heterocycles. The molecule has 1 N–H and O–H groups in total. The molecule has 0 saturated carbocycles. The number of carboxylic acids is 1. The van der Waals surface area contributed by atoms with Gasteiger partial charge in [0.15, 0.2) is 5.69 Å². The van der Waals surface area contributed by atoms with Crippen molar-refractivity contribution in [1.82, 2.24) is 24.8 Å². The van der Waals surface area contributed by atoms with Gasteiger partial charge in [-0.25, -0.2) is 9.48 Å². The maximum atomic E-state index is 10.9. The molecule has 17 heavy (non-hydrogen) atoms. The molecule has 0 aromatic carbocycles. The second kappa shape index (κ2) is 4.36. The molecule has 0 aliphatic rings. The monoisotopic (exact) mass is 235 g/mol. The van der Waals surface area contributed by atoms with Gasteiger partial charge in [0.1, 0.15) is 0 Å². The van der Waals surface area contributed by atoms with Crippen LogP contribution in [0.4, 0.5) is 0 Å². The Morgan fingerprint density at radius 3 is 2.82 bits per heavy atom. The highest BCUT2D eigenvalue weighted by Crippen LogP contribution is 2.08. The minimum atomic E-state index is -1.05. The second-order valence-corrected chi connectivity index (χ2v) is 3.68. The van der Waals surface area contributed by atoms with E-state index in [2.05, 4.69) is 15.4 Å². The van der Waals surface area contributed by atoms with Crippen LogP contribution in [-0.4, -0.2) is 35.9 Å². The van der Waals surface area contributed by atoms with Crippen LogP contribution < -0.4 is 0 Å². The maximum absolute atomic E-state index is 10.9. The molecule has 90 valence electrons. The highest BCUT2D eigenvalue weighted by atomic mass is 16.4. The van der Waals surface area contributed by atoms with E-state index in [0.29, 0.717) is 18.7 Å². The molecule has 0 atom stereocenters. The van der Waals surface area contributed by atoms with Gasteiger partial charge in [-0.2, -0.15) is 5.10 Å². The first-order chi connectivity index (χ1) is 8.11. The lowest BCUT2D eigenvalue weighted by Crippen LogP contribution is -2.09. The summed E-state index contributed by atoms with van der Waals surface area (Å²) in [4.78, 5) is 10.9. The molecule has 2 aromatic heterocycles. The van der Waals surface area contributed by atoms with E-state index < -0.39 is 5.97 Å². The quantitative estimate of drug-likeness (QED) is 0.824. The van der Waals surface area contributed by atoms with E-state index in [9.17, 15) is 4.79 Å². The summed E-state index contributed by atoms with van der Waals surface area (Å²) in [5, 5.41) is 20.7. The van der Waals surface area contributed by atoms with Crippen molar-refractivity contribution in [2.75, 3.05) is 0 Å². The van der Waals surface area contributed by atoms with Crippen molar-refractivity contribution in [2.45, 2.75) is 19.9 Å². The lowest BCUT2D eigenvalue weighted by molar-refractivity contribution is 0.0689. The van der Waals surface area contributed by atoms with Crippen LogP contribution >= 0.6 is 0 Å². The normalized spacial score (nSPS) is 10.7. The predicted molar refractivity (Wildman–Crippen MR) is 58.7 cm³/mol. The summed E-state index contributed by atoms with van der Waals surface area (Å²) in [6, 6.07) is 1.86. The van der Waals surface area contributed by atoms with Gasteiger partial charge in [0.05, 0.1) is 17.9 Å². The smallest absolute Gasteiger partial charge is 0.358 e. The average molecular weight is 235 g/mol. The Balaban J connectivity index is 2.30. The Morgan fingerprint density at radius 2 is 2.29 bits per heavy atom. The summed E-state index contributed by atoms with van der Waals surface area (Å²) >= 11 is 0. The lowest BCUT2D eigenvalue weighted by Gasteiger charge is -2.02. The van der Waals surface area contributed by atoms with Crippen molar-refractivity contribution < 1.29 is 9.90 Å². The number of nitrogens with zero attached hydrogens (tertiary/aromatic N) is 5. The van der Waals surface area contributed by atoms with Gasteiger partial charge in [-0.3, -0.25) is 4.68 Å². The molecule has 2 rings (SSSR count). The number of carbonyl (C=O) groups is 1. The first-order valence-corrected chi connectivity index (χ1v) is 5.26. The highest BCUT2D eigenvalue weighted by molar-refractivity contribution is 5.86. The third-order valence-corrected chi connectivity index (χ3v) is 2.46. The first kappa shape index (κ1) is 11.3. The molecule has 0 bridgehead atoms. The topological polar surface area (TPSA) is 85.8 Å². The van der Waals surface area contributed by atoms with E-state index in [-0.39, 0.29) is 5.69 Å². The van der Waals surface area contributed by atoms with Gasteiger partial charge >= 0.3 is 5.97 Å². The van der Waals surface area contributed by atoms with Crippen LogP contribution in [0.2, 0.25) is 0 Å². The Labute approximate surface area is 97.7 Å². The van der Waals surface area contributed by atoms with Crippen molar-refractivity contribution in [3.8, 4) is 0 Å². The second-order valence-electron chi connectivity index (χ2n) is 3.68. The van der Waals surface area contributed by atoms with Crippen LogP contribution in [0.5, 0.6) is 0 Å². The molecule has 2 heterocycles. The Bertz CT molecular complexity index is 543. The highest BCUT2D eigenvalue weighted by Gasteiger charge is 2.17. The largest absolute Gasteiger partial charge is 0.476 e. The zero-order chi connectivity index (χ0) is 12.4. The number of hydrogen-bond donors (Lipinski definition) is 1. The minimum absolute atomic E-state index is 0.0171. The lowest BCUT2D eigenvalue weighted by atomic mass is 10.2. The van der Waals surface area contributed by atoms with Crippen LogP contribution in [0.15, 0.2) is 12.3 Å². The maximum Gasteiger partial charge on any atom is 0.358 e. The van der Waals surface area contributed by atoms with E-state index in [1.807, 2.05) is 26.2 Å². The molecule has 7 heteroatoms. The average Bonchev–Trinajstić information content (AvgIpc) is 2.85. The van der Waals surface area contributed by atoms with E-state index in [4.69, 9.17) is 5.11 Å². The molecule has 0 spiro atoms. The summed E-state index contributed by atoms with van der Waals surface area (Å²) in [6.45, 7) is 2.31. The standard InChI is InChI=1S/C10H13N5O2/c1-3-8-9(10(16)17)11-13-15(8)6-7-4-5-14(2)12-7/h4-5H,3,6H2,1-2H3,(H,16,17). The van der Waals surface area contributed by atoms with Crippen LogP contribution in [-0.2, 0) is 20.0 Å². The van der Waals surface area contributed by atoms with E-state index in [1.54, 1.807) is 9.36 Å². The van der Waals surface area contributed by atoms with Crippen molar-refractivity contribution in [3.63, 3.8) is 0 Å². The molecule has 0 amide bonds. The Morgan fingerprint density at radius 1 is 1.53 bits per heavy atom. The molecule has 0 aliphatic carbocycles. The van der Waals surface area contributed by atoms with E-state index >= 15 is 0 Å². The predicted octanol–water partition coefficient (Wildman–Crippen LogP) is 0.320. The molecule has 0 unspecified atom stereocenters. The zero-order valence-corrected chi connectivity index (χ0v) is 9.66. The van der Waals surface area contributed by atoms with Crippen molar-refractivity contribution in [3.05, 3.63) is 29.3 Å². The van der Waals surface area contributed by atoms with Gasteiger partial charge in [-0.1, -0.05) is 12.1 Å². The summed E-state index contributed by atoms with van der Waals surface area (Å²) in [7, 11) is 1.83. The van der Waals surface area contributed by atoms with Gasteiger partial charge in [-0.15, -0.1) is 5.10 Å².